The maximum Gasteiger partial charge on any atom is 0.0791 e. The minimum Gasteiger partial charge on any atom is -0.247 e. The van der Waals surface area contributed by atoms with E-state index in [4.69, 9.17) is 4.98 Å². The Hall–Kier alpha value is -3.97. The zero-order chi connectivity index (χ0) is 22.9. The van der Waals surface area contributed by atoms with Gasteiger partial charge < -0.3 is 0 Å². The molecule has 8 rings (SSSR count). The molecular formula is C34H25N. The van der Waals surface area contributed by atoms with Gasteiger partial charge in [-0.05, 0) is 75.6 Å². The minimum absolute atomic E-state index is 0.661. The summed E-state index contributed by atoms with van der Waals surface area (Å²) in [7, 11) is 0. The van der Waals surface area contributed by atoms with Crippen LogP contribution in [-0.2, 0) is 0 Å². The fourth-order valence-corrected chi connectivity index (χ4v) is 7.00. The van der Waals surface area contributed by atoms with Crippen molar-refractivity contribution in [2.24, 2.45) is 0 Å². The number of hydrogen-bond acceptors (Lipinski definition) is 1. The van der Waals surface area contributed by atoms with Crippen LogP contribution < -0.4 is 0 Å². The van der Waals surface area contributed by atoms with Gasteiger partial charge in [-0.2, -0.15) is 0 Å². The number of benzene rings is 5. The number of hydrogen-bond donors (Lipinski definition) is 0. The molecule has 0 saturated heterocycles. The molecule has 166 valence electrons. The van der Waals surface area contributed by atoms with E-state index in [0.717, 1.165) is 5.52 Å². The second kappa shape index (κ2) is 7.26. The number of aromatic nitrogens is 1. The first-order chi connectivity index (χ1) is 17.4. The first-order valence-electron chi connectivity index (χ1n) is 12.8. The van der Waals surface area contributed by atoms with Gasteiger partial charge in [-0.15, -0.1) is 0 Å². The Kier molecular flexibility index (Phi) is 4.01. The number of rotatable bonds is 2. The van der Waals surface area contributed by atoms with Gasteiger partial charge >= 0.3 is 0 Å². The molecule has 2 bridgehead atoms. The Morgan fingerprint density at radius 2 is 1.20 bits per heavy atom. The summed E-state index contributed by atoms with van der Waals surface area (Å²) < 4.78 is 0. The van der Waals surface area contributed by atoms with Crippen LogP contribution in [0.1, 0.15) is 42.2 Å². The molecule has 2 unspecified atom stereocenters. The van der Waals surface area contributed by atoms with E-state index in [1.165, 1.54) is 74.1 Å². The molecule has 2 aliphatic carbocycles. The molecule has 0 N–H and O–H groups in total. The first-order valence-corrected chi connectivity index (χ1v) is 12.8. The lowest BCUT2D eigenvalue weighted by Crippen LogP contribution is -2.04. The molecule has 0 spiro atoms. The summed E-state index contributed by atoms with van der Waals surface area (Å²) in [4.78, 5) is 5.51. The topological polar surface area (TPSA) is 12.9 Å². The average Bonchev–Trinajstić information content (AvgIpc) is 3.55. The van der Waals surface area contributed by atoms with Crippen LogP contribution in [0, 0.1) is 0 Å². The number of fused-ring (bicyclic) bond motifs is 10. The highest BCUT2D eigenvalue weighted by atomic mass is 14.7. The fraction of sp³-hybridized carbons (Fsp3) is 0.147. The average molecular weight is 448 g/mol. The molecule has 2 aliphatic rings. The van der Waals surface area contributed by atoms with Crippen molar-refractivity contribution < 1.29 is 0 Å². The number of nitrogens with zero attached hydrogens (tertiary/aromatic N) is 1. The highest BCUT2D eigenvalue weighted by Gasteiger charge is 2.40. The van der Waals surface area contributed by atoms with E-state index in [0.29, 0.717) is 11.8 Å². The molecule has 2 atom stereocenters. The van der Waals surface area contributed by atoms with Crippen molar-refractivity contribution in [3.8, 4) is 22.4 Å². The molecule has 1 fully saturated rings. The van der Waals surface area contributed by atoms with Crippen LogP contribution in [0.15, 0.2) is 103 Å². The summed E-state index contributed by atoms with van der Waals surface area (Å²) in [5.74, 6) is 1.34. The predicted molar refractivity (Wildman–Crippen MR) is 147 cm³/mol. The van der Waals surface area contributed by atoms with E-state index in [1.54, 1.807) is 5.56 Å². The lowest BCUT2D eigenvalue weighted by atomic mass is 9.84. The molecule has 5 aromatic carbocycles. The normalized spacial score (nSPS) is 18.5. The Labute approximate surface area is 205 Å². The van der Waals surface area contributed by atoms with Crippen LogP contribution in [0.25, 0.3) is 54.8 Å². The molecule has 1 heteroatoms. The van der Waals surface area contributed by atoms with Crippen molar-refractivity contribution in [2.75, 3.05) is 0 Å². The third kappa shape index (κ3) is 2.73. The summed E-state index contributed by atoms with van der Waals surface area (Å²) in [6, 6.07) is 37.6. The molecular weight excluding hydrogens is 422 g/mol. The van der Waals surface area contributed by atoms with Crippen LogP contribution >= 0.6 is 0 Å². The molecule has 1 heterocycles. The smallest absolute Gasteiger partial charge is 0.0791 e. The Morgan fingerprint density at radius 1 is 0.543 bits per heavy atom. The highest BCUT2D eigenvalue weighted by molar-refractivity contribution is 6.20. The summed E-state index contributed by atoms with van der Waals surface area (Å²) in [6.45, 7) is 0. The second-order valence-electron chi connectivity index (χ2n) is 10.3. The zero-order valence-corrected chi connectivity index (χ0v) is 19.5. The Morgan fingerprint density at radius 3 is 2.00 bits per heavy atom. The van der Waals surface area contributed by atoms with E-state index in [2.05, 4.69) is 103 Å². The number of pyridine rings is 1. The molecule has 0 radical (unpaired) electrons. The quantitative estimate of drug-likeness (QED) is 0.190. The highest BCUT2D eigenvalue weighted by Crippen LogP contribution is 2.57. The Bertz CT molecular complexity index is 1770. The van der Waals surface area contributed by atoms with Crippen LogP contribution in [0.2, 0.25) is 0 Å². The van der Waals surface area contributed by atoms with Gasteiger partial charge in [0, 0.05) is 16.3 Å². The molecule has 0 aliphatic heterocycles. The van der Waals surface area contributed by atoms with Gasteiger partial charge in [0.1, 0.15) is 0 Å². The third-order valence-corrected chi connectivity index (χ3v) is 8.43. The van der Waals surface area contributed by atoms with Gasteiger partial charge in [-0.1, -0.05) is 97.1 Å². The Balaban J connectivity index is 1.55. The van der Waals surface area contributed by atoms with E-state index >= 15 is 0 Å². The van der Waals surface area contributed by atoms with Gasteiger partial charge in [0.2, 0.25) is 0 Å². The van der Waals surface area contributed by atoms with Gasteiger partial charge in [0.05, 0.1) is 11.2 Å². The molecule has 1 saturated carbocycles. The van der Waals surface area contributed by atoms with E-state index in [9.17, 15) is 0 Å². The van der Waals surface area contributed by atoms with E-state index in [-0.39, 0.29) is 0 Å². The van der Waals surface area contributed by atoms with Crippen LogP contribution in [0.5, 0.6) is 0 Å². The van der Waals surface area contributed by atoms with Crippen LogP contribution in [-0.4, -0.2) is 4.98 Å². The lowest BCUT2D eigenvalue weighted by molar-refractivity contribution is 0.720. The lowest BCUT2D eigenvalue weighted by Gasteiger charge is -2.22. The molecule has 6 aromatic rings. The van der Waals surface area contributed by atoms with Gasteiger partial charge in [-0.25, -0.2) is 4.98 Å². The van der Waals surface area contributed by atoms with Crippen molar-refractivity contribution in [2.45, 2.75) is 31.1 Å². The molecule has 35 heavy (non-hydrogen) atoms. The van der Waals surface area contributed by atoms with Crippen LogP contribution in [0.3, 0.4) is 0 Å². The summed E-state index contributed by atoms with van der Waals surface area (Å²) in [5, 5.41) is 6.50. The van der Waals surface area contributed by atoms with E-state index in [1.807, 2.05) is 0 Å². The zero-order valence-electron chi connectivity index (χ0n) is 19.5. The largest absolute Gasteiger partial charge is 0.247 e. The van der Waals surface area contributed by atoms with Gasteiger partial charge in [-0.3, -0.25) is 0 Å². The summed E-state index contributed by atoms with van der Waals surface area (Å²) >= 11 is 0. The van der Waals surface area contributed by atoms with Crippen molar-refractivity contribution >= 4 is 32.4 Å². The van der Waals surface area contributed by atoms with Crippen molar-refractivity contribution in [1.29, 1.82) is 0 Å². The summed E-state index contributed by atoms with van der Waals surface area (Å²) in [5.41, 5.74) is 9.31. The third-order valence-electron chi connectivity index (χ3n) is 8.43. The van der Waals surface area contributed by atoms with Crippen molar-refractivity contribution in [1.82, 2.24) is 4.98 Å². The first kappa shape index (κ1) is 19.3. The summed E-state index contributed by atoms with van der Waals surface area (Å²) in [6.07, 6.45) is 3.91. The fourth-order valence-electron chi connectivity index (χ4n) is 7.00. The second-order valence-corrected chi connectivity index (χ2v) is 10.3. The monoisotopic (exact) mass is 447 g/mol. The molecule has 1 nitrogen and oxygen atoms in total. The maximum atomic E-state index is 5.51. The van der Waals surface area contributed by atoms with E-state index < -0.39 is 0 Å². The van der Waals surface area contributed by atoms with Gasteiger partial charge in [0.15, 0.2) is 0 Å². The molecule has 1 aromatic heterocycles. The maximum absolute atomic E-state index is 5.51. The predicted octanol–water partition coefficient (Wildman–Crippen LogP) is 9.24. The van der Waals surface area contributed by atoms with Crippen molar-refractivity contribution in [3.63, 3.8) is 0 Å². The van der Waals surface area contributed by atoms with Gasteiger partial charge in [0.25, 0.3) is 0 Å². The minimum atomic E-state index is 0.661. The standard InChI is InChI=1S/C34H25N/c1-3-9-21(10-4-1)30-26-14-8-7-13-23(26)20-29-27(30)17-18-28-31-24-15-16-25(19-24)32(31)33(35-34(28)29)22-11-5-2-6-12-22/h1-14,17-18,20,24-25H,15-16,19H2. The molecule has 0 amide bonds. The SMILES string of the molecule is c1ccc(-c2nc3c(ccc4c(-c5ccccc5)c5ccccc5cc43)c3c2C2CCC3C2)cc1. The van der Waals surface area contributed by atoms with Crippen molar-refractivity contribution in [3.05, 3.63) is 114 Å². The van der Waals surface area contributed by atoms with Crippen LogP contribution in [0.4, 0.5) is 0 Å².